The molecule has 1 aromatic heterocycles. The van der Waals surface area contributed by atoms with E-state index in [2.05, 4.69) is 20.9 Å². The van der Waals surface area contributed by atoms with Crippen LogP contribution in [0.15, 0.2) is 47.3 Å². The molecule has 0 spiro atoms. The van der Waals surface area contributed by atoms with Gasteiger partial charge in [-0.15, -0.1) is 0 Å². The number of carbonyl (C=O) groups excluding carboxylic acids is 1. The number of aromatic nitrogens is 2. The van der Waals surface area contributed by atoms with Crippen molar-refractivity contribution in [1.29, 1.82) is 0 Å². The Labute approximate surface area is 189 Å². The van der Waals surface area contributed by atoms with Crippen LogP contribution in [0.1, 0.15) is 39.6 Å². The van der Waals surface area contributed by atoms with Crippen molar-refractivity contribution in [2.24, 2.45) is 0 Å². The summed E-state index contributed by atoms with van der Waals surface area (Å²) >= 11 is 6.27. The van der Waals surface area contributed by atoms with Crippen LogP contribution in [0.2, 0.25) is 5.02 Å². The van der Waals surface area contributed by atoms with Gasteiger partial charge in [0.1, 0.15) is 5.82 Å². The van der Waals surface area contributed by atoms with Gasteiger partial charge in [-0.2, -0.15) is 0 Å². The van der Waals surface area contributed by atoms with Crippen LogP contribution in [0.4, 0.5) is 15.3 Å². The van der Waals surface area contributed by atoms with E-state index in [9.17, 15) is 14.4 Å². The summed E-state index contributed by atoms with van der Waals surface area (Å²) in [6.07, 6.45) is -1.25. The molecule has 0 saturated carbocycles. The number of carbonyl (C=O) groups is 2. The number of fused-ring (bicyclic) bond motifs is 1. The number of nitrogens with one attached hydrogen (secondary N) is 3. The first-order valence-corrected chi connectivity index (χ1v) is 10.2. The second-order valence-corrected chi connectivity index (χ2v) is 8.70. The fourth-order valence-corrected chi connectivity index (χ4v) is 3.47. The Hall–Kier alpha value is -3.59. The number of nitrogens with zero attached hydrogens (tertiary/aromatic N) is 2. The van der Waals surface area contributed by atoms with E-state index in [-0.39, 0.29) is 16.2 Å². The number of urea groups is 1. The molecule has 9 nitrogen and oxygen atoms in total. The van der Waals surface area contributed by atoms with E-state index in [1.807, 2.05) is 20.8 Å². The van der Waals surface area contributed by atoms with E-state index in [0.717, 1.165) is 0 Å². The predicted molar refractivity (Wildman–Crippen MR) is 124 cm³/mol. The van der Waals surface area contributed by atoms with Crippen LogP contribution in [0.5, 0.6) is 0 Å². The third kappa shape index (κ3) is 5.17. The Morgan fingerprint density at radius 3 is 2.50 bits per heavy atom. The SMILES string of the molecule is CC(NC(=O)O)c1nc2cccc(Cl)c2c(=O)n1-c1cccc(NC(=O)NC(C)(C)C)c1. The third-order valence-electron chi connectivity index (χ3n) is 4.45. The van der Waals surface area contributed by atoms with Crippen LogP contribution < -0.4 is 21.5 Å². The molecule has 2 aromatic carbocycles. The minimum absolute atomic E-state index is 0.184. The van der Waals surface area contributed by atoms with E-state index in [0.29, 0.717) is 16.9 Å². The van der Waals surface area contributed by atoms with E-state index < -0.39 is 29.3 Å². The van der Waals surface area contributed by atoms with Gasteiger partial charge in [0.25, 0.3) is 5.56 Å². The highest BCUT2D eigenvalue weighted by atomic mass is 35.5. The lowest BCUT2D eigenvalue weighted by atomic mass is 10.1. The van der Waals surface area contributed by atoms with Crippen molar-refractivity contribution in [3.8, 4) is 5.69 Å². The standard InChI is InChI=1S/C22H24ClN5O4/c1-12(24-21(31)32)18-26-16-10-6-9-15(23)17(16)19(29)28(18)14-8-5-7-13(11-14)25-20(30)27-22(2,3)4/h5-12,24H,1-4H3,(H,31,32)(H2,25,27,30). The molecule has 0 bridgehead atoms. The summed E-state index contributed by atoms with van der Waals surface area (Å²) in [5.41, 5.74) is 0.313. The average Bonchev–Trinajstić information content (AvgIpc) is 2.65. The Kier molecular flexibility index (Phi) is 6.40. The van der Waals surface area contributed by atoms with Crippen molar-refractivity contribution < 1.29 is 14.7 Å². The van der Waals surface area contributed by atoms with Crippen molar-refractivity contribution >= 4 is 40.3 Å². The summed E-state index contributed by atoms with van der Waals surface area (Å²) in [7, 11) is 0. The monoisotopic (exact) mass is 457 g/mol. The lowest BCUT2D eigenvalue weighted by Crippen LogP contribution is -2.43. The first kappa shape index (κ1) is 23.1. The van der Waals surface area contributed by atoms with Gasteiger partial charge in [0.15, 0.2) is 0 Å². The molecule has 4 N–H and O–H groups in total. The zero-order chi connectivity index (χ0) is 23.6. The van der Waals surface area contributed by atoms with Gasteiger partial charge in [-0.3, -0.25) is 9.36 Å². The average molecular weight is 458 g/mol. The summed E-state index contributed by atoms with van der Waals surface area (Å²) in [5.74, 6) is 0.184. The van der Waals surface area contributed by atoms with Gasteiger partial charge in [0.2, 0.25) is 0 Å². The van der Waals surface area contributed by atoms with Crippen LogP contribution in [-0.4, -0.2) is 32.3 Å². The largest absolute Gasteiger partial charge is 0.465 e. The number of carboxylic acid groups (broad SMARTS) is 1. The van der Waals surface area contributed by atoms with E-state index in [1.165, 1.54) is 4.57 Å². The summed E-state index contributed by atoms with van der Waals surface area (Å²) in [6.45, 7) is 7.16. The van der Waals surface area contributed by atoms with Crippen LogP contribution in [0.25, 0.3) is 16.6 Å². The maximum atomic E-state index is 13.4. The number of rotatable bonds is 4. The minimum atomic E-state index is -1.25. The van der Waals surface area contributed by atoms with Crippen LogP contribution in [-0.2, 0) is 0 Å². The van der Waals surface area contributed by atoms with Crippen LogP contribution in [0.3, 0.4) is 0 Å². The highest BCUT2D eigenvalue weighted by Crippen LogP contribution is 2.24. The molecule has 0 radical (unpaired) electrons. The molecule has 168 valence electrons. The Balaban J connectivity index is 2.16. The Bertz CT molecular complexity index is 1250. The van der Waals surface area contributed by atoms with Gasteiger partial charge >= 0.3 is 12.1 Å². The molecule has 0 aliphatic carbocycles. The summed E-state index contributed by atoms with van der Waals surface area (Å²) in [5, 5.41) is 17.5. The molecule has 1 heterocycles. The highest BCUT2D eigenvalue weighted by Gasteiger charge is 2.21. The zero-order valence-electron chi connectivity index (χ0n) is 18.1. The number of amides is 3. The van der Waals surface area contributed by atoms with Crippen LogP contribution >= 0.6 is 11.6 Å². The number of halogens is 1. The molecule has 3 rings (SSSR count). The van der Waals surface area contributed by atoms with Crippen molar-refractivity contribution in [3.63, 3.8) is 0 Å². The number of hydrogen-bond donors (Lipinski definition) is 4. The fraction of sp³-hybridized carbons (Fsp3) is 0.273. The summed E-state index contributed by atoms with van der Waals surface area (Å²) in [4.78, 5) is 41.4. The van der Waals surface area contributed by atoms with E-state index in [4.69, 9.17) is 16.7 Å². The molecule has 32 heavy (non-hydrogen) atoms. The second-order valence-electron chi connectivity index (χ2n) is 8.30. The maximum Gasteiger partial charge on any atom is 0.405 e. The molecule has 1 atom stereocenters. The molecule has 0 saturated heterocycles. The molecule has 1 unspecified atom stereocenters. The quantitative estimate of drug-likeness (QED) is 0.465. The summed E-state index contributed by atoms with van der Waals surface area (Å²) < 4.78 is 1.29. The number of anilines is 1. The predicted octanol–water partition coefficient (Wildman–Crippen LogP) is 4.29. The summed E-state index contributed by atoms with van der Waals surface area (Å²) in [6, 6.07) is 10.3. The molecule has 0 aliphatic rings. The van der Waals surface area contributed by atoms with Crippen molar-refractivity contribution in [1.82, 2.24) is 20.2 Å². The topological polar surface area (TPSA) is 125 Å². The molecule has 0 fully saturated rings. The van der Waals surface area contributed by atoms with Crippen LogP contribution in [0, 0.1) is 0 Å². The maximum absolute atomic E-state index is 13.4. The van der Waals surface area contributed by atoms with Crippen molar-refractivity contribution in [2.45, 2.75) is 39.3 Å². The molecule has 3 amide bonds. The van der Waals surface area contributed by atoms with Gasteiger partial charge in [0.05, 0.1) is 27.7 Å². The molecule has 0 aliphatic heterocycles. The molecule has 10 heteroatoms. The first-order valence-electron chi connectivity index (χ1n) is 9.86. The molecule has 3 aromatic rings. The van der Waals surface area contributed by atoms with Gasteiger partial charge in [0, 0.05) is 11.2 Å². The second kappa shape index (κ2) is 8.88. The molecular formula is C22H24ClN5O4. The normalized spacial score (nSPS) is 12.3. The van der Waals surface area contributed by atoms with Gasteiger partial charge < -0.3 is 21.1 Å². The lowest BCUT2D eigenvalue weighted by molar-refractivity contribution is 0.190. The van der Waals surface area contributed by atoms with E-state index >= 15 is 0 Å². The third-order valence-corrected chi connectivity index (χ3v) is 4.77. The number of hydrogen-bond acceptors (Lipinski definition) is 4. The lowest BCUT2D eigenvalue weighted by Gasteiger charge is -2.21. The highest BCUT2D eigenvalue weighted by molar-refractivity contribution is 6.35. The van der Waals surface area contributed by atoms with E-state index in [1.54, 1.807) is 49.4 Å². The Morgan fingerprint density at radius 2 is 1.84 bits per heavy atom. The van der Waals surface area contributed by atoms with Gasteiger partial charge in [-0.05, 0) is 58.0 Å². The molecular weight excluding hydrogens is 434 g/mol. The smallest absolute Gasteiger partial charge is 0.405 e. The first-order chi connectivity index (χ1) is 15.0. The van der Waals surface area contributed by atoms with Crippen molar-refractivity contribution in [2.75, 3.05) is 5.32 Å². The van der Waals surface area contributed by atoms with Crippen molar-refractivity contribution in [3.05, 3.63) is 63.7 Å². The van der Waals surface area contributed by atoms with Gasteiger partial charge in [-0.1, -0.05) is 23.7 Å². The Morgan fingerprint density at radius 1 is 1.16 bits per heavy atom. The van der Waals surface area contributed by atoms with Gasteiger partial charge in [-0.25, -0.2) is 14.6 Å². The number of benzene rings is 2. The minimum Gasteiger partial charge on any atom is -0.465 e. The zero-order valence-corrected chi connectivity index (χ0v) is 18.8. The fourth-order valence-electron chi connectivity index (χ4n) is 3.22.